The lowest BCUT2D eigenvalue weighted by molar-refractivity contribution is -0.991. The zero-order valence-electron chi connectivity index (χ0n) is 12.7. The summed E-state index contributed by atoms with van der Waals surface area (Å²) in [5.41, 5.74) is 1.92. The van der Waals surface area contributed by atoms with E-state index in [1.807, 2.05) is 0 Å². The van der Waals surface area contributed by atoms with Gasteiger partial charge < -0.3 is 5.21 Å². The highest BCUT2D eigenvalue weighted by atomic mass is 16.8. The molecular weight excluding hydrogens is 310 g/mol. The van der Waals surface area contributed by atoms with Gasteiger partial charge in [-0.15, -0.1) is 0 Å². The summed E-state index contributed by atoms with van der Waals surface area (Å²) >= 11 is 0. The van der Waals surface area contributed by atoms with Crippen LogP contribution in [0.2, 0.25) is 0 Å². The second-order valence-electron chi connectivity index (χ2n) is 5.40. The van der Waals surface area contributed by atoms with Gasteiger partial charge in [-0.3, -0.25) is 19.6 Å². The van der Waals surface area contributed by atoms with Crippen LogP contribution in [-0.2, 0) is 6.42 Å². The minimum absolute atomic E-state index is 0.0151. The number of quaternary nitrogens is 1. The first-order valence-electron chi connectivity index (χ1n) is 7.44. The lowest BCUT2D eigenvalue weighted by Gasteiger charge is -2.15. The third-order valence-corrected chi connectivity index (χ3v) is 3.80. The largest absolute Gasteiger partial charge is 0.595 e. The number of fused-ring (bicyclic) bond motifs is 1. The SMILES string of the molecule is O=C1CC(=NCCc2ccc([NH+]([O-])O)cn2)C(=O)c2ccccc21. The Morgan fingerprint density at radius 2 is 1.92 bits per heavy atom. The Morgan fingerprint density at radius 3 is 2.58 bits per heavy atom. The number of nitrogens with one attached hydrogen (secondary N) is 1. The molecule has 1 atom stereocenters. The molecule has 7 heteroatoms. The van der Waals surface area contributed by atoms with Gasteiger partial charge >= 0.3 is 0 Å². The van der Waals surface area contributed by atoms with Crippen molar-refractivity contribution in [1.29, 1.82) is 0 Å². The zero-order chi connectivity index (χ0) is 17.1. The van der Waals surface area contributed by atoms with Crippen molar-refractivity contribution >= 4 is 23.0 Å². The number of carbonyl (C=O) groups is 2. The van der Waals surface area contributed by atoms with E-state index in [2.05, 4.69) is 9.98 Å². The van der Waals surface area contributed by atoms with Gasteiger partial charge in [0.05, 0.1) is 18.3 Å². The molecule has 2 N–H and O–H groups in total. The molecule has 0 bridgehead atoms. The van der Waals surface area contributed by atoms with E-state index >= 15 is 0 Å². The summed E-state index contributed by atoms with van der Waals surface area (Å²) < 4.78 is 0. The van der Waals surface area contributed by atoms with Crippen LogP contribution < -0.4 is 5.23 Å². The first-order valence-corrected chi connectivity index (χ1v) is 7.44. The van der Waals surface area contributed by atoms with Gasteiger partial charge in [-0.1, -0.05) is 24.3 Å². The third-order valence-electron chi connectivity index (χ3n) is 3.80. The molecular formula is C17H15N3O4. The molecule has 0 spiro atoms. The van der Waals surface area contributed by atoms with Crippen LogP contribution in [0.1, 0.15) is 32.8 Å². The van der Waals surface area contributed by atoms with Gasteiger partial charge in [-0.2, -0.15) is 5.23 Å². The number of rotatable bonds is 4. The lowest BCUT2D eigenvalue weighted by atomic mass is 9.88. The van der Waals surface area contributed by atoms with Gasteiger partial charge in [0.2, 0.25) is 5.78 Å². The van der Waals surface area contributed by atoms with Crippen LogP contribution in [0.5, 0.6) is 0 Å². The van der Waals surface area contributed by atoms with Crippen molar-refractivity contribution < 1.29 is 20.0 Å². The van der Waals surface area contributed by atoms with Crippen molar-refractivity contribution in [3.8, 4) is 0 Å². The number of pyridine rings is 1. The standard InChI is InChI=1S/C17H15N3O4/c21-16-9-15(17(22)14-4-2-1-3-13(14)16)18-8-7-11-5-6-12(10-19-11)20(23)24/h1-6,10,20,23H,7-9H2. The maximum absolute atomic E-state index is 12.4. The van der Waals surface area contributed by atoms with Crippen molar-refractivity contribution in [2.45, 2.75) is 12.8 Å². The van der Waals surface area contributed by atoms with Crippen LogP contribution in [0, 0.1) is 5.21 Å². The molecule has 1 aliphatic rings. The minimum Gasteiger partial charge on any atom is -0.595 e. The number of aromatic nitrogens is 1. The number of benzene rings is 1. The number of ketones is 2. The predicted octanol–water partition coefficient (Wildman–Crippen LogP) is 0.938. The van der Waals surface area contributed by atoms with Crippen molar-refractivity contribution in [2.75, 3.05) is 6.54 Å². The smallest absolute Gasteiger partial charge is 0.207 e. The average Bonchev–Trinajstić information content (AvgIpc) is 2.59. The topological polar surface area (TPSA) is 107 Å². The molecule has 0 saturated carbocycles. The van der Waals surface area contributed by atoms with Crippen LogP contribution >= 0.6 is 0 Å². The number of carbonyl (C=O) groups excluding carboxylic acids is 2. The predicted molar refractivity (Wildman–Crippen MR) is 85.7 cm³/mol. The normalized spacial score (nSPS) is 17.0. The van der Waals surface area contributed by atoms with Gasteiger partial charge in [0.25, 0.3) is 0 Å². The Morgan fingerprint density at radius 1 is 1.17 bits per heavy atom. The Balaban J connectivity index is 1.69. The van der Waals surface area contributed by atoms with Gasteiger partial charge in [0.1, 0.15) is 0 Å². The van der Waals surface area contributed by atoms with Gasteiger partial charge in [0.15, 0.2) is 11.5 Å². The van der Waals surface area contributed by atoms with E-state index in [1.54, 1.807) is 30.3 Å². The number of Topliss-reactive ketones (excluding diaryl/α,β-unsaturated/α-hetero) is 2. The average molecular weight is 325 g/mol. The summed E-state index contributed by atoms with van der Waals surface area (Å²) in [6.45, 7) is 0.315. The van der Waals surface area contributed by atoms with Crippen LogP contribution in [0.3, 0.4) is 0 Å². The monoisotopic (exact) mass is 325 g/mol. The van der Waals surface area contributed by atoms with Crippen LogP contribution in [0.25, 0.3) is 0 Å². The number of aliphatic imine (C=N–C) groups is 1. The third kappa shape index (κ3) is 3.28. The molecule has 122 valence electrons. The fraction of sp³-hybridized carbons (Fsp3) is 0.176. The van der Waals surface area contributed by atoms with E-state index in [0.717, 1.165) is 0 Å². The van der Waals surface area contributed by atoms with Gasteiger partial charge in [-0.25, -0.2) is 5.21 Å². The van der Waals surface area contributed by atoms with Crippen molar-refractivity contribution in [1.82, 2.24) is 4.98 Å². The lowest BCUT2D eigenvalue weighted by Crippen LogP contribution is -2.99. The van der Waals surface area contributed by atoms with Crippen molar-refractivity contribution in [2.24, 2.45) is 4.99 Å². The second kappa shape index (κ2) is 6.79. The maximum atomic E-state index is 12.4. The van der Waals surface area contributed by atoms with Crippen LogP contribution in [0.4, 0.5) is 5.69 Å². The summed E-state index contributed by atoms with van der Waals surface area (Å²) in [4.78, 5) is 32.7. The van der Waals surface area contributed by atoms with Gasteiger partial charge in [-0.05, 0) is 6.07 Å². The molecule has 0 radical (unpaired) electrons. The molecule has 24 heavy (non-hydrogen) atoms. The fourth-order valence-corrected chi connectivity index (χ4v) is 2.54. The summed E-state index contributed by atoms with van der Waals surface area (Å²) in [5, 5.41) is 18.6. The minimum atomic E-state index is -1.03. The first-order chi connectivity index (χ1) is 11.6. The van der Waals surface area contributed by atoms with E-state index in [0.29, 0.717) is 29.8 Å². The molecule has 3 rings (SSSR count). The fourth-order valence-electron chi connectivity index (χ4n) is 2.54. The van der Waals surface area contributed by atoms with Gasteiger partial charge in [0, 0.05) is 35.9 Å². The Bertz CT molecular complexity index is 813. The van der Waals surface area contributed by atoms with Crippen molar-refractivity contribution in [3.63, 3.8) is 0 Å². The number of hydrogen-bond acceptors (Lipinski definition) is 6. The maximum Gasteiger partial charge on any atom is 0.207 e. The molecule has 7 nitrogen and oxygen atoms in total. The van der Waals surface area contributed by atoms with E-state index < -0.39 is 5.23 Å². The Kier molecular flexibility index (Phi) is 4.57. The van der Waals surface area contributed by atoms with Crippen LogP contribution in [0.15, 0.2) is 47.6 Å². The summed E-state index contributed by atoms with van der Waals surface area (Å²) in [6.07, 6.45) is 1.77. The zero-order valence-corrected chi connectivity index (χ0v) is 12.7. The highest BCUT2D eigenvalue weighted by Crippen LogP contribution is 2.19. The highest BCUT2D eigenvalue weighted by Gasteiger charge is 2.28. The van der Waals surface area contributed by atoms with E-state index in [4.69, 9.17) is 5.21 Å². The first kappa shape index (κ1) is 16.1. The molecule has 1 unspecified atom stereocenters. The number of nitrogens with zero attached hydrogens (tertiary/aromatic N) is 2. The molecule has 1 aliphatic carbocycles. The Labute approximate surface area is 137 Å². The summed E-state index contributed by atoms with van der Waals surface area (Å²) in [5.74, 6) is -0.313. The molecule has 1 heterocycles. The molecule has 1 aromatic heterocycles. The molecule has 0 amide bonds. The molecule has 1 aromatic carbocycles. The van der Waals surface area contributed by atoms with E-state index in [1.165, 1.54) is 12.3 Å². The summed E-state index contributed by atoms with van der Waals surface area (Å²) in [6, 6.07) is 9.84. The van der Waals surface area contributed by atoms with Crippen LogP contribution in [-0.4, -0.2) is 34.0 Å². The molecule has 0 aliphatic heterocycles. The highest BCUT2D eigenvalue weighted by molar-refractivity contribution is 6.52. The Hall–Kier alpha value is -2.74. The number of hydrogen-bond donors (Lipinski definition) is 2. The molecule has 2 aromatic rings. The second-order valence-corrected chi connectivity index (χ2v) is 5.40. The molecule has 0 fully saturated rings. The molecule has 0 saturated heterocycles. The van der Waals surface area contributed by atoms with Crippen molar-refractivity contribution in [3.05, 3.63) is 64.6 Å². The van der Waals surface area contributed by atoms with E-state index in [-0.39, 0.29) is 29.4 Å². The van der Waals surface area contributed by atoms with E-state index in [9.17, 15) is 14.8 Å². The summed E-state index contributed by atoms with van der Waals surface area (Å²) in [7, 11) is 0. The quantitative estimate of drug-likeness (QED) is 0.814.